The van der Waals surface area contributed by atoms with Crippen molar-refractivity contribution in [2.24, 2.45) is 5.92 Å². The van der Waals surface area contributed by atoms with Gasteiger partial charge in [0, 0.05) is 24.2 Å². The first kappa shape index (κ1) is 19.0. The summed E-state index contributed by atoms with van der Waals surface area (Å²) < 4.78 is 26.2. The van der Waals surface area contributed by atoms with Crippen molar-refractivity contribution >= 4 is 15.4 Å². The van der Waals surface area contributed by atoms with Crippen LogP contribution in [-0.4, -0.2) is 24.1 Å². The number of sulfone groups is 1. The van der Waals surface area contributed by atoms with Crippen LogP contribution in [0.3, 0.4) is 0 Å². The van der Waals surface area contributed by atoms with Crippen LogP contribution in [-0.2, 0) is 16.3 Å². The third-order valence-corrected chi connectivity index (χ3v) is 7.01. The molecule has 1 aliphatic carbocycles. The van der Waals surface area contributed by atoms with Crippen molar-refractivity contribution in [1.82, 2.24) is 9.38 Å². The minimum Gasteiger partial charge on any atom is -0.326 e. The molecule has 1 saturated carbocycles. The highest BCUT2D eigenvalue weighted by atomic mass is 32.2. The highest BCUT2D eigenvalue weighted by Crippen LogP contribution is 2.34. The summed E-state index contributed by atoms with van der Waals surface area (Å²) in [5.41, 5.74) is 4.27. The lowest BCUT2D eigenvalue weighted by atomic mass is 9.83. The van der Waals surface area contributed by atoms with E-state index in [2.05, 4.69) is 4.98 Å². The largest absolute Gasteiger partial charge is 0.326 e. The number of rotatable bonds is 4. The predicted molar refractivity (Wildman–Crippen MR) is 112 cm³/mol. The number of nitrogens with one attached hydrogen (secondary N) is 1. The van der Waals surface area contributed by atoms with Crippen molar-refractivity contribution < 1.29 is 8.42 Å². The van der Waals surface area contributed by atoms with Crippen molar-refractivity contribution in [1.29, 1.82) is 0 Å². The lowest BCUT2D eigenvalue weighted by molar-refractivity contribution is 0.357. The lowest BCUT2D eigenvalue weighted by Crippen LogP contribution is -2.11. The third-order valence-electron chi connectivity index (χ3n) is 5.90. The van der Waals surface area contributed by atoms with Gasteiger partial charge in [0.15, 0.2) is 9.84 Å². The molecule has 0 unspecified atom stereocenters. The van der Waals surface area contributed by atoms with Gasteiger partial charge >= 0.3 is 0 Å². The highest BCUT2D eigenvalue weighted by Gasteiger charge is 2.20. The smallest absolute Gasteiger partial charge is 0.272 e. The van der Waals surface area contributed by atoms with E-state index in [9.17, 15) is 13.2 Å². The topological polar surface area (TPSA) is 71.4 Å². The number of hydrogen-bond donors (Lipinski definition) is 1. The molecule has 148 valence electrons. The summed E-state index contributed by atoms with van der Waals surface area (Å²) in [6.45, 7) is 1.91. The van der Waals surface area contributed by atoms with Crippen LogP contribution >= 0.6 is 0 Å². The first-order chi connectivity index (χ1) is 13.3. The van der Waals surface area contributed by atoms with E-state index in [0.29, 0.717) is 16.3 Å². The molecule has 0 saturated heterocycles. The number of benzene rings is 1. The van der Waals surface area contributed by atoms with E-state index in [1.165, 1.54) is 38.4 Å². The van der Waals surface area contributed by atoms with E-state index in [-0.39, 0.29) is 5.56 Å². The SMILES string of the molecule is Cc1cc(-c2cc(S(C)(=O)=O)ccc2CC2CCCCC2)n2cc[nH]c(=O)c12. The molecule has 5 nitrogen and oxygen atoms in total. The molecule has 0 amide bonds. The Morgan fingerprint density at radius 2 is 1.89 bits per heavy atom. The van der Waals surface area contributed by atoms with Crippen LogP contribution in [0, 0.1) is 12.8 Å². The van der Waals surface area contributed by atoms with Gasteiger partial charge in [-0.25, -0.2) is 8.42 Å². The first-order valence-corrected chi connectivity index (χ1v) is 11.8. The summed E-state index contributed by atoms with van der Waals surface area (Å²) in [4.78, 5) is 15.3. The molecule has 28 heavy (non-hydrogen) atoms. The standard InChI is InChI=1S/C22H26N2O3S/c1-15-12-20(24-11-10-23-22(25)21(15)24)19-14-18(28(2,26)27)9-8-17(19)13-16-6-4-3-5-7-16/h8-12,14,16H,3-7,13H2,1-2H3,(H,23,25). The predicted octanol–water partition coefficient (Wildman–Crippen LogP) is 4.13. The van der Waals surface area contributed by atoms with E-state index >= 15 is 0 Å². The van der Waals surface area contributed by atoms with E-state index < -0.39 is 9.84 Å². The molecule has 2 heterocycles. The van der Waals surface area contributed by atoms with Crippen LogP contribution < -0.4 is 5.56 Å². The molecule has 2 aromatic heterocycles. The van der Waals surface area contributed by atoms with Gasteiger partial charge in [-0.05, 0) is 48.6 Å². The van der Waals surface area contributed by atoms with Gasteiger partial charge in [-0.1, -0.05) is 38.2 Å². The van der Waals surface area contributed by atoms with E-state index in [0.717, 1.165) is 28.8 Å². The van der Waals surface area contributed by atoms with Gasteiger partial charge in [0.05, 0.1) is 10.6 Å². The number of aryl methyl sites for hydroxylation is 1. The van der Waals surface area contributed by atoms with Gasteiger partial charge in [0.25, 0.3) is 5.56 Å². The van der Waals surface area contributed by atoms with Crippen LogP contribution in [0.4, 0.5) is 0 Å². The number of aromatic nitrogens is 2. The van der Waals surface area contributed by atoms with Crippen molar-refractivity contribution in [3.63, 3.8) is 0 Å². The fraction of sp³-hybridized carbons (Fsp3) is 0.409. The van der Waals surface area contributed by atoms with Crippen molar-refractivity contribution in [2.75, 3.05) is 6.26 Å². The van der Waals surface area contributed by atoms with Crippen LogP contribution in [0.25, 0.3) is 16.8 Å². The lowest BCUT2D eigenvalue weighted by Gasteiger charge is -2.23. The maximum atomic E-state index is 12.3. The second-order valence-corrected chi connectivity index (χ2v) is 10.0. The van der Waals surface area contributed by atoms with E-state index in [1.54, 1.807) is 18.3 Å². The van der Waals surface area contributed by atoms with Gasteiger partial charge in [0.2, 0.25) is 0 Å². The Morgan fingerprint density at radius 1 is 1.14 bits per heavy atom. The number of nitrogens with zero attached hydrogens (tertiary/aromatic N) is 1. The van der Waals surface area contributed by atoms with Gasteiger partial charge in [-0.3, -0.25) is 4.79 Å². The highest BCUT2D eigenvalue weighted by molar-refractivity contribution is 7.90. The molecule has 0 aliphatic heterocycles. The minimum atomic E-state index is -3.31. The van der Waals surface area contributed by atoms with Crippen LogP contribution in [0.15, 0.2) is 46.3 Å². The Bertz CT molecular complexity index is 1180. The fourth-order valence-electron chi connectivity index (χ4n) is 4.47. The van der Waals surface area contributed by atoms with Gasteiger partial charge in [-0.2, -0.15) is 0 Å². The molecule has 0 spiro atoms. The molecule has 6 heteroatoms. The van der Waals surface area contributed by atoms with Gasteiger partial charge in [0.1, 0.15) is 5.52 Å². The summed E-state index contributed by atoms with van der Waals surface area (Å²) in [6, 6.07) is 7.43. The van der Waals surface area contributed by atoms with Crippen molar-refractivity contribution in [3.05, 3.63) is 58.1 Å². The normalized spacial score (nSPS) is 15.9. The Kier molecular flexibility index (Phi) is 4.91. The van der Waals surface area contributed by atoms with Crippen LogP contribution in [0.5, 0.6) is 0 Å². The molecule has 0 bridgehead atoms. The maximum absolute atomic E-state index is 12.3. The molecule has 1 aromatic carbocycles. The molecule has 0 atom stereocenters. The molecule has 1 N–H and O–H groups in total. The Labute approximate surface area is 165 Å². The van der Waals surface area contributed by atoms with E-state index in [4.69, 9.17) is 0 Å². The zero-order chi connectivity index (χ0) is 19.9. The number of fused-ring (bicyclic) bond motifs is 1. The van der Waals surface area contributed by atoms with Gasteiger partial charge < -0.3 is 9.38 Å². The third kappa shape index (κ3) is 3.53. The molecular weight excluding hydrogens is 372 g/mol. The van der Waals surface area contributed by atoms with Crippen LogP contribution in [0.1, 0.15) is 43.2 Å². The fourth-order valence-corrected chi connectivity index (χ4v) is 5.11. The maximum Gasteiger partial charge on any atom is 0.272 e. The quantitative estimate of drug-likeness (QED) is 0.718. The minimum absolute atomic E-state index is 0.139. The number of hydrogen-bond acceptors (Lipinski definition) is 3. The molecule has 1 fully saturated rings. The monoisotopic (exact) mass is 398 g/mol. The average molecular weight is 399 g/mol. The Morgan fingerprint density at radius 3 is 2.61 bits per heavy atom. The van der Waals surface area contributed by atoms with Crippen molar-refractivity contribution in [2.45, 2.75) is 50.3 Å². The molecule has 1 aliphatic rings. The second kappa shape index (κ2) is 7.24. The average Bonchev–Trinajstić information content (AvgIpc) is 3.00. The summed E-state index contributed by atoms with van der Waals surface area (Å²) >= 11 is 0. The van der Waals surface area contributed by atoms with Crippen molar-refractivity contribution in [3.8, 4) is 11.3 Å². The molecular formula is C22H26N2O3S. The molecule has 3 aromatic rings. The van der Waals surface area contributed by atoms with E-state index in [1.807, 2.05) is 29.7 Å². The Balaban J connectivity index is 1.90. The summed E-state index contributed by atoms with van der Waals surface area (Å²) in [7, 11) is -3.31. The molecule has 4 rings (SSSR count). The van der Waals surface area contributed by atoms with Crippen LogP contribution in [0.2, 0.25) is 0 Å². The Hall–Kier alpha value is -2.34. The van der Waals surface area contributed by atoms with Gasteiger partial charge in [-0.15, -0.1) is 0 Å². The second-order valence-electron chi connectivity index (χ2n) is 8.02. The summed E-state index contributed by atoms with van der Waals surface area (Å²) in [6.07, 6.45) is 11.9. The summed E-state index contributed by atoms with van der Waals surface area (Å²) in [5.74, 6) is 0.632. The first-order valence-electron chi connectivity index (χ1n) is 9.87. The molecule has 0 radical (unpaired) electrons. The summed E-state index contributed by atoms with van der Waals surface area (Å²) in [5, 5.41) is 0. The zero-order valence-corrected chi connectivity index (χ0v) is 17.2. The number of H-pyrrole nitrogens is 1. The number of aromatic amines is 1. The zero-order valence-electron chi connectivity index (χ0n) is 16.4.